The molecule has 0 unspecified atom stereocenters. The fourth-order valence-electron chi connectivity index (χ4n) is 2.16. The highest BCUT2D eigenvalue weighted by atomic mass is 79.9. The predicted octanol–water partition coefficient (Wildman–Crippen LogP) is 2.82. The number of hydrogen-bond donors (Lipinski definition) is 1. The van der Waals surface area contributed by atoms with Gasteiger partial charge in [0, 0.05) is 19.3 Å². The van der Waals surface area contributed by atoms with Crippen LogP contribution in [-0.4, -0.2) is 23.6 Å². The van der Waals surface area contributed by atoms with Crippen LogP contribution in [0, 0.1) is 0 Å². The second-order valence-corrected chi connectivity index (χ2v) is 5.72. The predicted molar refractivity (Wildman–Crippen MR) is 71.0 cm³/mol. The molecule has 1 fully saturated rings. The van der Waals surface area contributed by atoms with Gasteiger partial charge in [-0.05, 0) is 28.4 Å². The van der Waals surface area contributed by atoms with Gasteiger partial charge in [0.15, 0.2) is 0 Å². The fraction of sp³-hybridized carbons (Fsp3) is 0.545. The summed E-state index contributed by atoms with van der Waals surface area (Å²) in [6, 6.07) is 1.86. The van der Waals surface area contributed by atoms with Gasteiger partial charge in [-0.1, -0.05) is 24.9 Å². The van der Waals surface area contributed by atoms with Crippen LogP contribution >= 0.6 is 27.5 Å². The topological polar surface area (TPSA) is 42.1 Å². The number of nitrogens with two attached hydrogens (primary N) is 1. The van der Waals surface area contributed by atoms with Gasteiger partial charge < -0.3 is 10.6 Å². The second kappa shape index (κ2) is 4.51. The summed E-state index contributed by atoms with van der Waals surface area (Å²) in [5, 5.41) is 0.642. The van der Waals surface area contributed by atoms with Crippen molar-refractivity contribution in [1.29, 1.82) is 0 Å². The number of halogens is 2. The van der Waals surface area contributed by atoms with Crippen LogP contribution in [0.1, 0.15) is 19.8 Å². The van der Waals surface area contributed by atoms with E-state index in [1.165, 1.54) is 0 Å². The average Bonchev–Trinajstić information content (AvgIpc) is 2.14. The first kappa shape index (κ1) is 12.1. The van der Waals surface area contributed by atoms with Crippen molar-refractivity contribution >= 4 is 33.3 Å². The molecule has 3 nitrogen and oxygen atoms in total. The Bertz CT molecular complexity index is 391. The van der Waals surface area contributed by atoms with E-state index in [-0.39, 0.29) is 5.54 Å². The molecule has 2 rings (SSSR count). The molecule has 0 aromatic carbocycles. The van der Waals surface area contributed by atoms with E-state index in [9.17, 15) is 0 Å². The van der Waals surface area contributed by atoms with Gasteiger partial charge >= 0.3 is 0 Å². The maximum Gasteiger partial charge on any atom is 0.143 e. The highest BCUT2D eigenvalue weighted by molar-refractivity contribution is 9.10. The highest BCUT2D eigenvalue weighted by Crippen LogP contribution is 2.33. The minimum atomic E-state index is -0.0322. The smallest absolute Gasteiger partial charge is 0.143 e. The normalized spacial score (nSPS) is 18.4. The summed E-state index contributed by atoms with van der Waals surface area (Å²) in [4.78, 5) is 6.49. The van der Waals surface area contributed by atoms with E-state index in [1.54, 1.807) is 6.20 Å². The van der Waals surface area contributed by atoms with Crippen LogP contribution in [0.3, 0.4) is 0 Å². The van der Waals surface area contributed by atoms with E-state index < -0.39 is 0 Å². The Morgan fingerprint density at radius 1 is 1.62 bits per heavy atom. The minimum Gasteiger partial charge on any atom is -0.352 e. The average molecular weight is 305 g/mol. The van der Waals surface area contributed by atoms with Gasteiger partial charge in [-0.15, -0.1) is 0 Å². The molecule has 5 heteroatoms. The Hall–Kier alpha value is -0.320. The molecule has 16 heavy (non-hydrogen) atoms. The molecule has 0 radical (unpaired) electrons. The molecule has 1 aliphatic heterocycles. The maximum absolute atomic E-state index is 6.21. The zero-order valence-electron chi connectivity index (χ0n) is 9.21. The molecular weight excluding hydrogens is 289 g/mol. The first-order valence-electron chi connectivity index (χ1n) is 5.39. The van der Waals surface area contributed by atoms with Crippen molar-refractivity contribution in [2.45, 2.75) is 25.3 Å². The quantitative estimate of drug-likeness (QED) is 0.933. The van der Waals surface area contributed by atoms with Gasteiger partial charge in [0.2, 0.25) is 0 Å². The molecule has 0 bridgehead atoms. The van der Waals surface area contributed by atoms with Crippen LogP contribution in [-0.2, 0) is 0 Å². The Kier molecular flexibility index (Phi) is 3.42. The Labute approximate surface area is 109 Å². The molecule has 0 atom stereocenters. The van der Waals surface area contributed by atoms with Gasteiger partial charge in [0.25, 0.3) is 0 Å². The lowest BCUT2D eigenvalue weighted by Gasteiger charge is -2.48. The van der Waals surface area contributed by atoms with Crippen molar-refractivity contribution < 1.29 is 0 Å². The number of hydrogen-bond acceptors (Lipinski definition) is 3. The van der Waals surface area contributed by atoms with Gasteiger partial charge in [-0.25, -0.2) is 4.98 Å². The molecular formula is C11H15BrClN3. The van der Waals surface area contributed by atoms with E-state index in [1.807, 2.05) is 6.07 Å². The summed E-state index contributed by atoms with van der Waals surface area (Å²) in [7, 11) is 0. The largest absolute Gasteiger partial charge is 0.352 e. The summed E-state index contributed by atoms with van der Waals surface area (Å²) in [6.45, 7) is 3.90. The van der Waals surface area contributed by atoms with E-state index in [2.05, 4.69) is 32.7 Å². The summed E-state index contributed by atoms with van der Waals surface area (Å²) >= 11 is 9.32. The Morgan fingerprint density at radius 3 is 2.88 bits per heavy atom. The van der Waals surface area contributed by atoms with Crippen molar-refractivity contribution in [3.63, 3.8) is 0 Å². The standard InChI is InChI=1S/C11H15BrClN3/c1-2-3-11(14)6-16(7-11)10-9(12)4-8(13)5-15-10/h4-5H,2-3,6-7,14H2,1H3. The molecule has 1 aromatic rings. The van der Waals surface area contributed by atoms with E-state index >= 15 is 0 Å². The fourth-order valence-corrected chi connectivity index (χ4v) is 3.05. The van der Waals surface area contributed by atoms with Crippen molar-refractivity contribution in [1.82, 2.24) is 4.98 Å². The van der Waals surface area contributed by atoms with Gasteiger partial charge in [-0.3, -0.25) is 0 Å². The van der Waals surface area contributed by atoms with Gasteiger partial charge in [-0.2, -0.15) is 0 Å². The molecule has 0 saturated carbocycles. The molecule has 88 valence electrons. The van der Waals surface area contributed by atoms with Crippen molar-refractivity contribution in [2.75, 3.05) is 18.0 Å². The lowest BCUT2D eigenvalue weighted by Crippen LogP contribution is -2.67. The summed E-state index contributed by atoms with van der Waals surface area (Å²) < 4.78 is 0.929. The van der Waals surface area contributed by atoms with Crippen LogP contribution in [0.25, 0.3) is 0 Å². The monoisotopic (exact) mass is 303 g/mol. The van der Waals surface area contributed by atoms with Crippen molar-refractivity contribution in [3.05, 3.63) is 21.8 Å². The van der Waals surface area contributed by atoms with Gasteiger partial charge in [0.1, 0.15) is 5.82 Å². The maximum atomic E-state index is 6.21. The second-order valence-electron chi connectivity index (χ2n) is 4.43. The Balaban J connectivity index is 2.06. The van der Waals surface area contributed by atoms with Crippen LogP contribution in [0.4, 0.5) is 5.82 Å². The molecule has 2 heterocycles. The lowest BCUT2D eigenvalue weighted by atomic mass is 9.86. The van der Waals surface area contributed by atoms with Gasteiger partial charge in [0.05, 0.1) is 15.0 Å². The molecule has 1 saturated heterocycles. The van der Waals surface area contributed by atoms with Crippen LogP contribution in [0.15, 0.2) is 16.7 Å². The zero-order chi connectivity index (χ0) is 11.8. The number of aromatic nitrogens is 1. The number of anilines is 1. The third-order valence-corrected chi connectivity index (χ3v) is 3.64. The van der Waals surface area contributed by atoms with Crippen molar-refractivity contribution in [3.8, 4) is 0 Å². The van der Waals surface area contributed by atoms with Crippen molar-refractivity contribution in [2.24, 2.45) is 5.73 Å². The molecule has 0 spiro atoms. The summed E-state index contributed by atoms with van der Waals surface area (Å²) in [5.74, 6) is 0.932. The third-order valence-electron chi connectivity index (χ3n) is 2.85. The van der Waals surface area contributed by atoms with Crippen LogP contribution < -0.4 is 10.6 Å². The van der Waals surface area contributed by atoms with Crippen LogP contribution in [0.2, 0.25) is 5.02 Å². The first-order chi connectivity index (χ1) is 7.54. The highest BCUT2D eigenvalue weighted by Gasteiger charge is 2.39. The lowest BCUT2D eigenvalue weighted by molar-refractivity contribution is 0.305. The summed E-state index contributed by atoms with van der Waals surface area (Å²) in [5.41, 5.74) is 6.18. The molecule has 0 amide bonds. The molecule has 1 aliphatic rings. The molecule has 1 aromatic heterocycles. The number of rotatable bonds is 3. The SMILES string of the molecule is CCCC1(N)CN(c2ncc(Cl)cc2Br)C1. The summed E-state index contributed by atoms with van der Waals surface area (Å²) in [6.07, 6.45) is 3.85. The Morgan fingerprint density at radius 2 is 2.31 bits per heavy atom. The first-order valence-corrected chi connectivity index (χ1v) is 6.56. The van der Waals surface area contributed by atoms with Crippen LogP contribution in [0.5, 0.6) is 0 Å². The minimum absolute atomic E-state index is 0.0322. The zero-order valence-corrected chi connectivity index (χ0v) is 11.6. The third kappa shape index (κ3) is 2.34. The number of pyridine rings is 1. The molecule has 2 N–H and O–H groups in total. The van der Waals surface area contributed by atoms with E-state index in [4.69, 9.17) is 17.3 Å². The number of nitrogens with zero attached hydrogens (tertiary/aromatic N) is 2. The van der Waals surface area contributed by atoms with E-state index in [0.717, 1.165) is 36.2 Å². The van der Waals surface area contributed by atoms with E-state index in [0.29, 0.717) is 5.02 Å². The molecule has 0 aliphatic carbocycles.